The number of nitrogens with zero attached hydrogens (tertiary/aromatic N) is 2. The molecule has 0 spiro atoms. The van der Waals surface area contributed by atoms with Gasteiger partial charge < -0.3 is 9.68 Å². The van der Waals surface area contributed by atoms with E-state index in [-0.39, 0.29) is 11.8 Å². The lowest BCUT2D eigenvalue weighted by atomic mass is 9.99. The number of hydrogen-bond acceptors (Lipinski definition) is 6. The average molecular weight is 449 g/mol. The number of carbonyl (C=O) groups is 2. The van der Waals surface area contributed by atoms with Crippen LogP contribution in [0.25, 0.3) is 0 Å². The van der Waals surface area contributed by atoms with Gasteiger partial charge in [0.2, 0.25) is 0 Å². The quantitative estimate of drug-likeness (QED) is 0.653. The van der Waals surface area contributed by atoms with Crippen molar-refractivity contribution in [1.29, 1.82) is 0 Å². The van der Waals surface area contributed by atoms with Gasteiger partial charge in [-0.05, 0) is 48.2 Å². The molecule has 2 aliphatic heterocycles. The average Bonchev–Trinajstić information content (AvgIpc) is 3.39. The van der Waals surface area contributed by atoms with Crippen LogP contribution >= 0.6 is 23.2 Å². The Bertz CT molecular complexity index is 829. The first-order chi connectivity index (χ1) is 14.5. The summed E-state index contributed by atoms with van der Waals surface area (Å²) in [6.07, 6.45) is 1.66. The summed E-state index contributed by atoms with van der Waals surface area (Å²) >= 11 is 11.9. The van der Waals surface area contributed by atoms with Crippen LogP contribution in [0.15, 0.2) is 48.5 Å². The molecule has 0 amide bonds. The highest BCUT2D eigenvalue weighted by atomic mass is 35.5. The predicted molar refractivity (Wildman–Crippen MR) is 113 cm³/mol. The highest BCUT2D eigenvalue weighted by molar-refractivity contribution is 6.31. The van der Waals surface area contributed by atoms with Crippen LogP contribution in [0.3, 0.4) is 0 Å². The van der Waals surface area contributed by atoms with Crippen LogP contribution in [0.1, 0.15) is 35.8 Å². The van der Waals surface area contributed by atoms with Crippen molar-refractivity contribution in [3.05, 3.63) is 69.7 Å². The molecule has 2 aliphatic rings. The fraction of sp³-hybridized carbons (Fsp3) is 0.364. The lowest BCUT2D eigenvalue weighted by Crippen LogP contribution is -2.34. The predicted octanol–water partition coefficient (Wildman–Crippen LogP) is 4.19. The molecule has 0 saturated carbocycles. The Labute approximate surface area is 185 Å². The first kappa shape index (κ1) is 21.1. The molecule has 6 nitrogen and oxygen atoms in total. The maximum absolute atomic E-state index is 12.2. The van der Waals surface area contributed by atoms with Crippen LogP contribution in [-0.2, 0) is 19.3 Å². The number of rotatable bonds is 4. The Hall–Kier alpha value is -2.12. The molecule has 2 saturated heterocycles. The van der Waals surface area contributed by atoms with Crippen LogP contribution in [0.5, 0.6) is 0 Å². The highest BCUT2D eigenvalue weighted by Crippen LogP contribution is 2.29. The molecule has 8 heteroatoms. The third-order valence-electron chi connectivity index (χ3n) is 5.58. The molecule has 2 aromatic rings. The Morgan fingerprint density at radius 2 is 1.07 bits per heavy atom. The van der Waals surface area contributed by atoms with E-state index in [1.165, 1.54) is 10.1 Å². The lowest BCUT2D eigenvalue weighted by molar-refractivity contribution is -0.213. The summed E-state index contributed by atoms with van der Waals surface area (Å²) in [4.78, 5) is 34.8. The zero-order valence-corrected chi connectivity index (χ0v) is 17.8. The van der Waals surface area contributed by atoms with Crippen molar-refractivity contribution in [2.45, 2.75) is 24.7 Å². The summed E-state index contributed by atoms with van der Waals surface area (Å²) in [6.45, 7) is 2.19. The summed E-state index contributed by atoms with van der Waals surface area (Å²) < 4.78 is 0. The SMILES string of the molecule is O=C(ON1CCC(c2ccc(Cl)cc2)C1)C(=O)ON1CCC(c2ccc(Cl)cc2)C1. The minimum Gasteiger partial charge on any atom is -0.359 e. The molecule has 2 aromatic carbocycles. The molecular weight excluding hydrogens is 427 g/mol. The van der Waals surface area contributed by atoms with Gasteiger partial charge in [0.1, 0.15) is 0 Å². The van der Waals surface area contributed by atoms with Gasteiger partial charge in [0.25, 0.3) is 0 Å². The molecule has 158 valence electrons. The van der Waals surface area contributed by atoms with E-state index in [9.17, 15) is 9.59 Å². The smallest absolute Gasteiger partial charge is 0.359 e. The molecule has 2 atom stereocenters. The number of benzene rings is 2. The molecule has 30 heavy (non-hydrogen) atoms. The largest absolute Gasteiger partial charge is 0.438 e. The van der Waals surface area contributed by atoms with Gasteiger partial charge in [-0.25, -0.2) is 9.59 Å². The number of carbonyl (C=O) groups excluding carboxylic acids is 2. The van der Waals surface area contributed by atoms with Gasteiger partial charge in [0.05, 0.1) is 0 Å². The first-order valence-electron chi connectivity index (χ1n) is 9.93. The van der Waals surface area contributed by atoms with E-state index in [1.807, 2.05) is 48.5 Å². The van der Waals surface area contributed by atoms with Gasteiger partial charge in [0, 0.05) is 48.1 Å². The lowest BCUT2D eigenvalue weighted by Gasteiger charge is -2.18. The zero-order valence-electron chi connectivity index (χ0n) is 16.3. The van der Waals surface area contributed by atoms with E-state index >= 15 is 0 Å². The minimum absolute atomic E-state index is 0.227. The van der Waals surface area contributed by atoms with E-state index in [4.69, 9.17) is 32.9 Å². The Morgan fingerprint density at radius 3 is 1.43 bits per heavy atom. The van der Waals surface area contributed by atoms with Crippen LogP contribution < -0.4 is 0 Å². The number of hydrogen-bond donors (Lipinski definition) is 0. The zero-order chi connectivity index (χ0) is 21.1. The van der Waals surface area contributed by atoms with E-state index in [0.29, 0.717) is 36.2 Å². The second-order valence-corrected chi connectivity index (χ2v) is 8.48. The van der Waals surface area contributed by atoms with Gasteiger partial charge in [-0.3, -0.25) is 0 Å². The van der Waals surface area contributed by atoms with Gasteiger partial charge in [-0.2, -0.15) is 0 Å². The van der Waals surface area contributed by atoms with Crippen molar-refractivity contribution in [3.63, 3.8) is 0 Å². The summed E-state index contributed by atoms with van der Waals surface area (Å²) in [7, 11) is 0. The summed E-state index contributed by atoms with van der Waals surface area (Å²) in [5, 5.41) is 4.40. The van der Waals surface area contributed by atoms with Gasteiger partial charge in [-0.1, -0.05) is 47.5 Å². The minimum atomic E-state index is -0.998. The molecule has 0 aliphatic carbocycles. The van der Waals surface area contributed by atoms with Crippen molar-refractivity contribution in [1.82, 2.24) is 10.1 Å². The molecule has 4 rings (SSSR count). The first-order valence-corrected chi connectivity index (χ1v) is 10.7. The van der Waals surface area contributed by atoms with Crippen LogP contribution in [-0.4, -0.2) is 48.2 Å². The third-order valence-corrected chi connectivity index (χ3v) is 6.08. The van der Waals surface area contributed by atoms with Crippen molar-refractivity contribution in [3.8, 4) is 0 Å². The fourth-order valence-electron chi connectivity index (χ4n) is 3.95. The van der Waals surface area contributed by atoms with Crippen LogP contribution in [0.2, 0.25) is 10.0 Å². The van der Waals surface area contributed by atoms with Gasteiger partial charge >= 0.3 is 11.9 Å². The molecular formula is C22H22Cl2N2O4. The molecule has 2 fully saturated rings. The molecule has 0 radical (unpaired) electrons. The van der Waals surface area contributed by atoms with E-state index in [0.717, 1.165) is 24.0 Å². The molecule has 2 heterocycles. The number of hydroxylamine groups is 4. The van der Waals surface area contributed by atoms with Gasteiger partial charge in [0.15, 0.2) is 0 Å². The maximum Gasteiger partial charge on any atom is 0.438 e. The monoisotopic (exact) mass is 448 g/mol. The Kier molecular flexibility index (Phi) is 6.58. The summed E-state index contributed by atoms with van der Waals surface area (Å²) in [6, 6.07) is 15.3. The Balaban J connectivity index is 1.24. The Morgan fingerprint density at radius 1 is 0.700 bits per heavy atom. The van der Waals surface area contributed by atoms with Crippen LogP contribution in [0.4, 0.5) is 0 Å². The highest BCUT2D eigenvalue weighted by Gasteiger charge is 2.32. The fourth-order valence-corrected chi connectivity index (χ4v) is 4.20. The van der Waals surface area contributed by atoms with Crippen molar-refractivity contribution in [2.75, 3.05) is 26.2 Å². The van der Waals surface area contributed by atoms with Crippen molar-refractivity contribution < 1.29 is 19.3 Å². The van der Waals surface area contributed by atoms with Crippen molar-refractivity contribution in [2.24, 2.45) is 0 Å². The molecule has 0 bridgehead atoms. The standard InChI is InChI=1S/C22H22Cl2N2O4/c23-19-5-1-15(2-6-19)17-9-11-25(13-17)29-21(27)22(28)30-26-12-10-18(14-26)16-3-7-20(24)8-4-16/h1-8,17-18H,9-14H2. The summed E-state index contributed by atoms with van der Waals surface area (Å²) in [5.41, 5.74) is 2.26. The van der Waals surface area contributed by atoms with E-state index in [1.54, 1.807) is 0 Å². The molecule has 0 aromatic heterocycles. The number of halogens is 2. The second kappa shape index (κ2) is 9.35. The van der Waals surface area contributed by atoms with E-state index < -0.39 is 11.9 Å². The van der Waals surface area contributed by atoms with Crippen molar-refractivity contribution >= 4 is 35.1 Å². The van der Waals surface area contributed by atoms with Crippen LogP contribution in [0, 0.1) is 0 Å². The molecule has 2 unspecified atom stereocenters. The van der Waals surface area contributed by atoms with Gasteiger partial charge in [-0.15, -0.1) is 10.1 Å². The third kappa shape index (κ3) is 5.13. The van der Waals surface area contributed by atoms with E-state index in [2.05, 4.69) is 0 Å². The molecule has 0 N–H and O–H groups in total. The topological polar surface area (TPSA) is 59.1 Å². The summed E-state index contributed by atoms with van der Waals surface area (Å²) in [5.74, 6) is -1.54. The maximum atomic E-state index is 12.2. The second-order valence-electron chi connectivity index (χ2n) is 7.61. The normalized spacial score (nSPS) is 22.2.